The Hall–Kier alpha value is -2.44. The van der Waals surface area contributed by atoms with Crippen molar-refractivity contribution < 1.29 is 10.0 Å². The number of nitro benzene ring substituents is 1. The first kappa shape index (κ1) is 9.13. The van der Waals surface area contributed by atoms with E-state index in [0.29, 0.717) is 0 Å². The monoisotopic (exact) mass is 207 g/mol. The molecular weight excluding hydrogens is 202 g/mol. The first-order valence-corrected chi connectivity index (χ1v) is 3.95. The summed E-state index contributed by atoms with van der Waals surface area (Å²) in [6.45, 7) is 0. The molecule has 7 nitrogen and oxygen atoms in total. The largest absolute Gasteiger partial charge is 0.502 e. The highest BCUT2D eigenvalue weighted by molar-refractivity contribution is 5.88. The van der Waals surface area contributed by atoms with Crippen LogP contribution in [0, 0.1) is 10.1 Å². The molecule has 0 amide bonds. The van der Waals surface area contributed by atoms with Crippen molar-refractivity contribution in [3.05, 3.63) is 38.9 Å². The van der Waals surface area contributed by atoms with Gasteiger partial charge in [0.05, 0.1) is 16.6 Å². The molecule has 0 aliphatic carbocycles. The van der Waals surface area contributed by atoms with Gasteiger partial charge in [-0.1, -0.05) is 0 Å². The summed E-state index contributed by atoms with van der Waals surface area (Å²) in [5.41, 5.74) is -1.16. The summed E-state index contributed by atoms with van der Waals surface area (Å²) >= 11 is 0. The first-order chi connectivity index (χ1) is 7.11. The Kier molecular flexibility index (Phi) is 1.86. The van der Waals surface area contributed by atoms with Crippen molar-refractivity contribution >= 4 is 16.6 Å². The third kappa shape index (κ3) is 1.30. The molecule has 15 heavy (non-hydrogen) atoms. The highest BCUT2D eigenvalue weighted by Gasteiger charge is 2.20. The lowest BCUT2D eigenvalue weighted by molar-refractivity contribution is -0.384. The van der Waals surface area contributed by atoms with Crippen LogP contribution in [-0.4, -0.2) is 20.0 Å². The molecule has 0 fully saturated rings. The molecule has 0 saturated carbocycles. The Balaban J connectivity index is 3.01. The summed E-state index contributed by atoms with van der Waals surface area (Å²) in [7, 11) is 0. The van der Waals surface area contributed by atoms with E-state index in [4.69, 9.17) is 0 Å². The molecule has 2 aromatic rings. The minimum atomic E-state index is -0.774. The molecular formula is C8H5N3O4. The number of nitrogens with one attached hydrogen (secondary N) is 1. The van der Waals surface area contributed by atoms with Crippen LogP contribution in [0.4, 0.5) is 5.69 Å². The van der Waals surface area contributed by atoms with E-state index < -0.39 is 21.9 Å². The van der Waals surface area contributed by atoms with E-state index in [1.165, 1.54) is 6.07 Å². The van der Waals surface area contributed by atoms with Gasteiger partial charge in [-0.05, 0) is 12.1 Å². The number of nitro groups is 1. The van der Waals surface area contributed by atoms with Crippen LogP contribution in [0.15, 0.2) is 23.3 Å². The Morgan fingerprint density at radius 2 is 2.20 bits per heavy atom. The standard InChI is InChI=1S/C8H5N3O4/c12-5-2-1-4-6(7(5)11(14)15)9-3-10-8(4)13/h1-3,12H,(H,9,10,13). The van der Waals surface area contributed by atoms with Crippen LogP contribution in [0.1, 0.15) is 0 Å². The Bertz CT molecular complexity index is 604. The first-order valence-electron chi connectivity index (χ1n) is 3.95. The lowest BCUT2D eigenvalue weighted by Gasteiger charge is -1.99. The van der Waals surface area contributed by atoms with Gasteiger partial charge < -0.3 is 10.1 Å². The molecule has 0 bridgehead atoms. The summed E-state index contributed by atoms with van der Waals surface area (Å²) in [6.07, 6.45) is 1.05. The molecule has 2 N–H and O–H groups in total. The van der Waals surface area contributed by atoms with Crippen molar-refractivity contribution in [3.63, 3.8) is 0 Å². The molecule has 0 radical (unpaired) electrons. The fraction of sp³-hybridized carbons (Fsp3) is 0. The number of aromatic nitrogens is 2. The number of benzene rings is 1. The highest BCUT2D eigenvalue weighted by Crippen LogP contribution is 2.30. The second-order valence-corrected chi connectivity index (χ2v) is 2.82. The van der Waals surface area contributed by atoms with Crippen LogP contribution in [0.5, 0.6) is 5.75 Å². The Morgan fingerprint density at radius 3 is 2.87 bits per heavy atom. The minimum Gasteiger partial charge on any atom is -0.502 e. The number of H-pyrrole nitrogens is 1. The average molecular weight is 207 g/mol. The molecule has 76 valence electrons. The summed E-state index contributed by atoms with van der Waals surface area (Å²) in [4.78, 5) is 27.1. The summed E-state index contributed by atoms with van der Waals surface area (Å²) in [5, 5.41) is 20.0. The topological polar surface area (TPSA) is 109 Å². The molecule has 0 atom stereocenters. The third-order valence-electron chi connectivity index (χ3n) is 1.95. The van der Waals surface area contributed by atoms with Crippen LogP contribution in [-0.2, 0) is 0 Å². The van der Waals surface area contributed by atoms with Crippen LogP contribution in [0.25, 0.3) is 10.9 Å². The van der Waals surface area contributed by atoms with Crippen LogP contribution < -0.4 is 5.56 Å². The predicted octanol–water partition coefficient (Wildman–Crippen LogP) is 0.537. The predicted molar refractivity (Wildman–Crippen MR) is 50.7 cm³/mol. The van der Waals surface area contributed by atoms with Crippen molar-refractivity contribution in [2.24, 2.45) is 0 Å². The van der Waals surface area contributed by atoms with E-state index in [1.807, 2.05) is 0 Å². The van der Waals surface area contributed by atoms with Crippen molar-refractivity contribution in [2.75, 3.05) is 0 Å². The molecule has 7 heteroatoms. The van der Waals surface area contributed by atoms with E-state index in [2.05, 4.69) is 9.97 Å². The molecule has 2 rings (SSSR count). The number of hydrogen-bond donors (Lipinski definition) is 2. The van der Waals surface area contributed by atoms with Gasteiger partial charge in [0.1, 0.15) is 0 Å². The number of phenolic OH excluding ortho intramolecular Hbond substituents is 1. The summed E-state index contributed by atoms with van der Waals surface area (Å²) < 4.78 is 0. The number of fused-ring (bicyclic) bond motifs is 1. The van der Waals surface area contributed by atoms with Gasteiger partial charge in [-0.25, -0.2) is 4.98 Å². The minimum absolute atomic E-state index is 0.0713. The van der Waals surface area contributed by atoms with Gasteiger partial charge in [0, 0.05) is 0 Å². The zero-order valence-corrected chi connectivity index (χ0v) is 7.30. The fourth-order valence-electron chi connectivity index (χ4n) is 1.30. The van der Waals surface area contributed by atoms with Crippen molar-refractivity contribution in [2.45, 2.75) is 0 Å². The maximum absolute atomic E-state index is 11.3. The van der Waals surface area contributed by atoms with Crippen molar-refractivity contribution in [1.82, 2.24) is 9.97 Å². The lowest BCUT2D eigenvalue weighted by atomic mass is 10.2. The molecule has 1 aromatic heterocycles. The van der Waals surface area contributed by atoms with Gasteiger partial charge in [-0.3, -0.25) is 14.9 Å². The quantitative estimate of drug-likeness (QED) is 0.523. The Labute approximate surface area is 82.2 Å². The number of phenols is 1. The molecule has 0 aliphatic heterocycles. The van der Waals surface area contributed by atoms with Crippen molar-refractivity contribution in [1.29, 1.82) is 0 Å². The van der Waals surface area contributed by atoms with E-state index in [-0.39, 0.29) is 10.9 Å². The number of aromatic hydroxyl groups is 1. The fourth-order valence-corrected chi connectivity index (χ4v) is 1.30. The van der Waals surface area contributed by atoms with Crippen molar-refractivity contribution in [3.8, 4) is 5.75 Å². The molecule has 0 aliphatic rings. The van der Waals surface area contributed by atoms with Gasteiger partial charge in [-0.2, -0.15) is 0 Å². The second-order valence-electron chi connectivity index (χ2n) is 2.82. The van der Waals surface area contributed by atoms with Crippen LogP contribution in [0.2, 0.25) is 0 Å². The molecule has 0 unspecified atom stereocenters. The SMILES string of the molecule is O=c1[nH]cnc2c([N+](=O)[O-])c(O)ccc12. The maximum atomic E-state index is 11.3. The third-order valence-corrected chi connectivity index (χ3v) is 1.95. The number of rotatable bonds is 1. The zero-order valence-electron chi connectivity index (χ0n) is 7.30. The van der Waals surface area contributed by atoms with Crippen LogP contribution in [0.3, 0.4) is 0 Å². The summed E-state index contributed by atoms with van der Waals surface area (Å²) in [5.74, 6) is -0.509. The average Bonchev–Trinajstić information content (AvgIpc) is 2.17. The highest BCUT2D eigenvalue weighted by atomic mass is 16.6. The Morgan fingerprint density at radius 1 is 1.47 bits per heavy atom. The molecule has 0 spiro atoms. The molecule has 1 aromatic carbocycles. The van der Waals surface area contributed by atoms with E-state index >= 15 is 0 Å². The number of aromatic amines is 1. The van der Waals surface area contributed by atoms with Gasteiger partial charge >= 0.3 is 5.69 Å². The summed E-state index contributed by atoms with van der Waals surface area (Å²) in [6, 6.07) is 2.38. The van der Waals surface area contributed by atoms with Gasteiger partial charge in [0.2, 0.25) is 0 Å². The molecule has 0 saturated heterocycles. The number of hydrogen-bond acceptors (Lipinski definition) is 5. The maximum Gasteiger partial charge on any atom is 0.336 e. The van der Waals surface area contributed by atoms with E-state index in [0.717, 1.165) is 12.4 Å². The smallest absolute Gasteiger partial charge is 0.336 e. The van der Waals surface area contributed by atoms with Gasteiger partial charge in [-0.15, -0.1) is 0 Å². The second kappa shape index (κ2) is 3.05. The number of nitrogens with zero attached hydrogens (tertiary/aromatic N) is 2. The van der Waals surface area contributed by atoms with E-state index in [1.54, 1.807) is 0 Å². The zero-order chi connectivity index (χ0) is 11.0. The lowest BCUT2D eigenvalue weighted by Crippen LogP contribution is -2.07. The van der Waals surface area contributed by atoms with Gasteiger partial charge in [0.25, 0.3) is 5.56 Å². The molecule has 1 heterocycles. The van der Waals surface area contributed by atoms with E-state index in [9.17, 15) is 20.0 Å². The normalized spacial score (nSPS) is 10.4. The van der Waals surface area contributed by atoms with Gasteiger partial charge in [0.15, 0.2) is 11.3 Å². The van der Waals surface area contributed by atoms with Crippen LogP contribution >= 0.6 is 0 Å².